The molecule has 3 N–H and O–H groups in total. The number of carbonyl (C=O) groups excluding carboxylic acids is 1. The van der Waals surface area contributed by atoms with Gasteiger partial charge in [-0.05, 0) is 40.2 Å². The van der Waals surface area contributed by atoms with Crippen LogP contribution in [0.15, 0.2) is 0 Å². The molecule has 5 nitrogen and oxygen atoms in total. The average molecular weight is 252 g/mol. The molecule has 1 rings (SSSR count). The zero-order valence-corrected chi connectivity index (χ0v) is 11.6. The van der Waals surface area contributed by atoms with E-state index in [0.717, 1.165) is 19.4 Å². The summed E-state index contributed by atoms with van der Waals surface area (Å²) in [7, 11) is 0. The van der Waals surface area contributed by atoms with Gasteiger partial charge < -0.3 is 5.73 Å². The highest BCUT2D eigenvalue weighted by atomic mass is 16.1. The van der Waals surface area contributed by atoms with E-state index in [1.54, 1.807) is 0 Å². The second kappa shape index (κ2) is 6.17. The summed E-state index contributed by atoms with van der Waals surface area (Å²) in [5, 5.41) is 12.6. The molecule has 1 amide bonds. The summed E-state index contributed by atoms with van der Waals surface area (Å²) in [5.74, 6) is -0.295. The molecule has 0 saturated carbocycles. The number of amides is 1. The number of carbonyl (C=O) groups is 1. The maximum absolute atomic E-state index is 11.2. The van der Waals surface area contributed by atoms with Crippen LogP contribution in [-0.2, 0) is 4.79 Å². The van der Waals surface area contributed by atoms with E-state index in [4.69, 9.17) is 5.73 Å². The van der Waals surface area contributed by atoms with Crippen LogP contribution < -0.4 is 11.1 Å². The minimum absolute atomic E-state index is 0.0688. The normalized spacial score (nSPS) is 24.5. The van der Waals surface area contributed by atoms with Gasteiger partial charge in [0.25, 0.3) is 0 Å². The lowest BCUT2D eigenvalue weighted by molar-refractivity contribution is -0.123. The minimum Gasteiger partial charge on any atom is -0.369 e. The maximum atomic E-state index is 11.2. The van der Waals surface area contributed by atoms with Crippen LogP contribution in [0.3, 0.4) is 0 Å². The number of hydrogen-bond acceptors (Lipinski definition) is 4. The molecule has 18 heavy (non-hydrogen) atoms. The lowest BCUT2D eigenvalue weighted by Gasteiger charge is -2.36. The van der Waals surface area contributed by atoms with Crippen LogP contribution in [0, 0.1) is 17.2 Å². The minimum atomic E-state index is -0.576. The van der Waals surface area contributed by atoms with Crippen molar-refractivity contribution in [2.75, 3.05) is 19.6 Å². The van der Waals surface area contributed by atoms with Gasteiger partial charge in [0.05, 0.1) is 12.0 Å². The molecule has 0 aromatic rings. The predicted molar refractivity (Wildman–Crippen MR) is 70.6 cm³/mol. The summed E-state index contributed by atoms with van der Waals surface area (Å²) < 4.78 is 0. The molecule has 2 unspecified atom stereocenters. The van der Waals surface area contributed by atoms with Crippen LogP contribution in [0.25, 0.3) is 0 Å². The standard InChI is InChI=1S/C13H24N4O/c1-10(2)16-13(3,8-14)9-17-6-4-5-11(7-17)12(15)18/h10-11,16H,4-7,9H2,1-3H3,(H2,15,18). The Morgan fingerprint density at radius 2 is 2.33 bits per heavy atom. The molecule has 1 aliphatic rings. The summed E-state index contributed by atoms with van der Waals surface area (Å²) in [6.45, 7) is 8.19. The third-order valence-corrected chi connectivity index (χ3v) is 3.30. The van der Waals surface area contributed by atoms with E-state index >= 15 is 0 Å². The van der Waals surface area contributed by atoms with Gasteiger partial charge in [0.15, 0.2) is 0 Å². The van der Waals surface area contributed by atoms with Crippen molar-refractivity contribution in [2.45, 2.75) is 45.2 Å². The molecule has 0 aromatic heterocycles. The van der Waals surface area contributed by atoms with E-state index in [9.17, 15) is 10.1 Å². The molecule has 0 bridgehead atoms. The van der Waals surface area contributed by atoms with Crippen LogP contribution in [-0.4, -0.2) is 42.0 Å². The fourth-order valence-corrected chi connectivity index (χ4v) is 2.63. The number of hydrogen-bond donors (Lipinski definition) is 2. The topological polar surface area (TPSA) is 82.2 Å². The quantitative estimate of drug-likeness (QED) is 0.745. The van der Waals surface area contributed by atoms with Crippen molar-refractivity contribution >= 4 is 5.91 Å². The van der Waals surface area contributed by atoms with Crippen molar-refractivity contribution in [1.29, 1.82) is 5.26 Å². The fourth-order valence-electron chi connectivity index (χ4n) is 2.63. The average Bonchev–Trinajstić information content (AvgIpc) is 2.28. The lowest BCUT2D eigenvalue weighted by atomic mass is 9.95. The van der Waals surface area contributed by atoms with E-state index in [-0.39, 0.29) is 17.9 Å². The van der Waals surface area contributed by atoms with Gasteiger partial charge in [-0.1, -0.05) is 0 Å². The van der Waals surface area contributed by atoms with Crippen LogP contribution in [0.2, 0.25) is 0 Å². The Kier molecular flexibility index (Phi) is 5.12. The Bertz CT molecular complexity index is 336. The first-order valence-corrected chi connectivity index (χ1v) is 6.57. The first-order chi connectivity index (χ1) is 8.36. The van der Waals surface area contributed by atoms with Gasteiger partial charge in [-0.25, -0.2) is 0 Å². The van der Waals surface area contributed by atoms with Crippen LogP contribution in [0.5, 0.6) is 0 Å². The largest absolute Gasteiger partial charge is 0.369 e. The van der Waals surface area contributed by atoms with E-state index in [1.165, 1.54) is 0 Å². The monoisotopic (exact) mass is 252 g/mol. The number of nitriles is 1. The Labute approximate surface area is 109 Å². The summed E-state index contributed by atoms with van der Waals surface area (Å²) in [6, 6.07) is 2.59. The van der Waals surface area contributed by atoms with Gasteiger partial charge in [-0.2, -0.15) is 5.26 Å². The Hall–Kier alpha value is -1.12. The number of likely N-dealkylation sites (tertiary alicyclic amines) is 1. The van der Waals surface area contributed by atoms with Crippen LogP contribution >= 0.6 is 0 Å². The van der Waals surface area contributed by atoms with E-state index in [0.29, 0.717) is 13.1 Å². The van der Waals surface area contributed by atoms with Crippen molar-refractivity contribution in [1.82, 2.24) is 10.2 Å². The molecule has 5 heteroatoms. The molecular formula is C13H24N4O. The molecule has 102 valence electrons. The van der Waals surface area contributed by atoms with Crippen LogP contribution in [0.4, 0.5) is 0 Å². The molecule has 0 radical (unpaired) electrons. The highest BCUT2D eigenvalue weighted by molar-refractivity contribution is 5.76. The Morgan fingerprint density at radius 1 is 1.67 bits per heavy atom. The molecule has 1 fully saturated rings. The van der Waals surface area contributed by atoms with E-state index < -0.39 is 5.54 Å². The SMILES string of the molecule is CC(C)NC(C)(C#N)CN1CCCC(C(N)=O)C1. The van der Waals surface area contributed by atoms with Crippen LogP contribution in [0.1, 0.15) is 33.6 Å². The molecule has 0 spiro atoms. The third kappa shape index (κ3) is 4.28. The highest BCUT2D eigenvalue weighted by Crippen LogP contribution is 2.18. The number of nitrogens with two attached hydrogens (primary N) is 1. The second-order valence-corrected chi connectivity index (χ2v) is 5.72. The Morgan fingerprint density at radius 3 is 2.83 bits per heavy atom. The summed E-state index contributed by atoms with van der Waals surface area (Å²) in [6.07, 6.45) is 1.84. The lowest BCUT2D eigenvalue weighted by Crippen LogP contribution is -2.55. The molecule has 0 aliphatic carbocycles. The van der Waals surface area contributed by atoms with Gasteiger partial charge in [-0.15, -0.1) is 0 Å². The highest BCUT2D eigenvalue weighted by Gasteiger charge is 2.31. The molecular weight excluding hydrogens is 228 g/mol. The summed E-state index contributed by atoms with van der Waals surface area (Å²) in [4.78, 5) is 13.4. The van der Waals surface area contributed by atoms with Crippen molar-refractivity contribution in [3.05, 3.63) is 0 Å². The zero-order chi connectivity index (χ0) is 13.8. The van der Waals surface area contributed by atoms with Crippen molar-refractivity contribution in [2.24, 2.45) is 11.7 Å². The molecule has 1 aliphatic heterocycles. The first kappa shape index (κ1) is 14.9. The summed E-state index contributed by atoms with van der Waals surface area (Å²) in [5.41, 5.74) is 4.78. The number of piperidine rings is 1. The molecule has 2 atom stereocenters. The van der Waals surface area contributed by atoms with Crippen molar-refractivity contribution in [3.8, 4) is 6.07 Å². The van der Waals surface area contributed by atoms with Gasteiger partial charge in [-0.3, -0.25) is 15.0 Å². The molecule has 1 saturated heterocycles. The first-order valence-electron chi connectivity index (χ1n) is 6.57. The van der Waals surface area contributed by atoms with E-state index in [2.05, 4.69) is 16.3 Å². The van der Waals surface area contributed by atoms with Crippen molar-refractivity contribution < 1.29 is 4.79 Å². The van der Waals surface area contributed by atoms with Gasteiger partial charge in [0, 0.05) is 19.1 Å². The predicted octanol–water partition coefficient (Wildman–Crippen LogP) is 0.464. The van der Waals surface area contributed by atoms with E-state index in [1.807, 2.05) is 20.8 Å². The number of primary amides is 1. The zero-order valence-electron chi connectivity index (χ0n) is 11.6. The van der Waals surface area contributed by atoms with Crippen molar-refractivity contribution in [3.63, 3.8) is 0 Å². The smallest absolute Gasteiger partial charge is 0.221 e. The van der Waals surface area contributed by atoms with Gasteiger partial charge in [0.2, 0.25) is 5.91 Å². The molecule has 0 aromatic carbocycles. The fraction of sp³-hybridized carbons (Fsp3) is 0.846. The summed E-state index contributed by atoms with van der Waals surface area (Å²) >= 11 is 0. The number of nitrogens with one attached hydrogen (secondary N) is 1. The second-order valence-electron chi connectivity index (χ2n) is 5.72. The third-order valence-electron chi connectivity index (χ3n) is 3.30. The van der Waals surface area contributed by atoms with Gasteiger partial charge in [0.1, 0.15) is 5.54 Å². The number of nitrogens with zero attached hydrogens (tertiary/aromatic N) is 2. The number of rotatable bonds is 5. The Balaban J connectivity index is 2.60. The molecule has 1 heterocycles. The van der Waals surface area contributed by atoms with Gasteiger partial charge >= 0.3 is 0 Å². The maximum Gasteiger partial charge on any atom is 0.221 e.